The first-order valence-electron chi connectivity index (χ1n) is 6.87. The summed E-state index contributed by atoms with van der Waals surface area (Å²) in [5.74, 6) is -0.0177. The second kappa shape index (κ2) is 5.67. The van der Waals surface area contributed by atoms with E-state index in [1.807, 2.05) is 36.4 Å². The number of benzene rings is 2. The largest absolute Gasteiger partial charge is 0.397 e. The molecule has 0 fully saturated rings. The highest BCUT2D eigenvalue weighted by atomic mass is 14.8. The van der Waals surface area contributed by atoms with Crippen LogP contribution in [0.15, 0.2) is 72.9 Å². The average molecular weight is 275 g/mol. The predicted molar refractivity (Wildman–Crippen MR) is 86.9 cm³/mol. The van der Waals surface area contributed by atoms with Gasteiger partial charge in [-0.05, 0) is 17.2 Å². The maximum atomic E-state index is 6.17. The molecule has 4 N–H and O–H groups in total. The van der Waals surface area contributed by atoms with E-state index in [0.717, 1.165) is 16.8 Å². The Balaban J connectivity index is 2.20. The van der Waals surface area contributed by atoms with E-state index >= 15 is 0 Å². The molecule has 0 aliphatic carbocycles. The molecule has 0 saturated carbocycles. The lowest BCUT2D eigenvalue weighted by Crippen LogP contribution is -2.10. The molecule has 21 heavy (non-hydrogen) atoms. The Labute approximate surface area is 124 Å². The number of nitrogen functional groups attached to an aromatic ring is 2. The molecule has 0 saturated heterocycles. The molecule has 0 radical (unpaired) electrons. The fraction of sp³-hybridized carbons (Fsp3) is 0.0556. The molecule has 3 aromatic rings. The molecule has 0 aliphatic heterocycles. The van der Waals surface area contributed by atoms with Crippen LogP contribution in [0.1, 0.15) is 22.7 Å². The van der Waals surface area contributed by atoms with Crippen molar-refractivity contribution in [2.24, 2.45) is 0 Å². The van der Waals surface area contributed by atoms with Gasteiger partial charge < -0.3 is 11.5 Å². The molecule has 104 valence electrons. The third-order valence-electron chi connectivity index (χ3n) is 3.59. The van der Waals surface area contributed by atoms with Crippen LogP contribution >= 0.6 is 0 Å². The van der Waals surface area contributed by atoms with Gasteiger partial charge in [-0.3, -0.25) is 4.98 Å². The third kappa shape index (κ3) is 2.58. The van der Waals surface area contributed by atoms with Gasteiger partial charge in [-0.1, -0.05) is 60.7 Å². The third-order valence-corrected chi connectivity index (χ3v) is 3.59. The van der Waals surface area contributed by atoms with Gasteiger partial charge in [-0.2, -0.15) is 0 Å². The second-order valence-corrected chi connectivity index (χ2v) is 4.95. The molecule has 0 aliphatic rings. The van der Waals surface area contributed by atoms with Crippen molar-refractivity contribution in [3.63, 3.8) is 0 Å². The molecule has 0 bridgehead atoms. The molecular weight excluding hydrogens is 258 g/mol. The van der Waals surface area contributed by atoms with E-state index in [2.05, 4.69) is 29.2 Å². The van der Waals surface area contributed by atoms with E-state index in [9.17, 15) is 0 Å². The monoisotopic (exact) mass is 275 g/mol. The molecule has 3 rings (SSSR count). The SMILES string of the molecule is Nc1ccnc(C(c2ccccc2)c2ccccc2)c1N. The molecule has 2 aromatic carbocycles. The molecule has 0 spiro atoms. The summed E-state index contributed by atoms with van der Waals surface area (Å²) in [5, 5.41) is 0. The Morgan fingerprint density at radius 2 is 1.24 bits per heavy atom. The number of anilines is 2. The van der Waals surface area contributed by atoms with Crippen LogP contribution in [0.4, 0.5) is 11.4 Å². The van der Waals surface area contributed by atoms with Gasteiger partial charge in [-0.25, -0.2) is 0 Å². The minimum absolute atomic E-state index is 0.0177. The summed E-state index contributed by atoms with van der Waals surface area (Å²) >= 11 is 0. The smallest absolute Gasteiger partial charge is 0.0776 e. The molecule has 0 unspecified atom stereocenters. The summed E-state index contributed by atoms with van der Waals surface area (Å²) in [5.41, 5.74) is 16.3. The standard InChI is InChI=1S/C18H17N3/c19-15-11-12-21-18(17(15)20)16(13-7-3-1-4-8-13)14-9-5-2-6-10-14/h1-12,16H,20H2,(H2,19,21). The molecule has 3 nitrogen and oxygen atoms in total. The van der Waals surface area contributed by atoms with Gasteiger partial charge in [0.1, 0.15) is 0 Å². The van der Waals surface area contributed by atoms with Crippen LogP contribution in [0.5, 0.6) is 0 Å². The Bertz CT molecular complexity index is 684. The number of nitrogens with two attached hydrogens (primary N) is 2. The lowest BCUT2D eigenvalue weighted by molar-refractivity contribution is 0.924. The van der Waals surface area contributed by atoms with Crippen molar-refractivity contribution in [3.8, 4) is 0 Å². The van der Waals surface area contributed by atoms with Gasteiger partial charge in [0.2, 0.25) is 0 Å². The predicted octanol–water partition coefficient (Wildman–Crippen LogP) is 3.43. The lowest BCUT2D eigenvalue weighted by atomic mass is 9.87. The van der Waals surface area contributed by atoms with Crippen molar-refractivity contribution in [2.45, 2.75) is 5.92 Å². The van der Waals surface area contributed by atoms with Crippen LogP contribution in [0.2, 0.25) is 0 Å². The van der Waals surface area contributed by atoms with E-state index in [1.54, 1.807) is 12.3 Å². The first-order chi connectivity index (χ1) is 10.3. The van der Waals surface area contributed by atoms with Gasteiger partial charge >= 0.3 is 0 Å². The Hall–Kier alpha value is -2.81. The van der Waals surface area contributed by atoms with E-state index in [0.29, 0.717) is 11.4 Å². The van der Waals surface area contributed by atoms with Crippen LogP contribution < -0.4 is 11.5 Å². The van der Waals surface area contributed by atoms with Gasteiger partial charge in [0.05, 0.1) is 23.0 Å². The van der Waals surface area contributed by atoms with Crippen LogP contribution in [0, 0.1) is 0 Å². The van der Waals surface area contributed by atoms with Gasteiger partial charge in [0, 0.05) is 6.20 Å². The number of pyridine rings is 1. The van der Waals surface area contributed by atoms with Gasteiger partial charge in [-0.15, -0.1) is 0 Å². The first-order valence-corrected chi connectivity index (χ1v) is 6.87. The summed E-state index contributed by atoms with van der Waals surface area (Å²) < 4.78 is 0. The minimum Gasteiger partial charge on any atom is -0.397 e. The number of nitrogens with zero attached hydrogens (tertiary/aromatic N) is 1. The zero-order valence-corrected chi connectivity index (χ0v) is 11.6. The number of rotatable bonds is 3. The van der Waals surface area contributed by atoms with E-state index < -0.39 is 0 Å². The molecule has 1 aromatic heterocycles. The normalized spacial score (nSPS) is 10.7. The van der Waals surface area contributed by atoms with E-state index in [-0.39, 0.29) is 5.92 Å². The highest BCUT2D eigenvalue weighted by Crippen LogP contribution is 2.35. The van der Waals surface area contributed by atoms with E-state index in [1.165, 1.54) is 0 Å². The molecular formula is C18H17N3. The van der Waals surface area contributed by atoms with Crippen LogP contribution in [-0.4, -0.2) is 4.98 Å². The maximum absolute atomic E-state index is 6.17. The van der Waals surface area contributed by atoms with Crippen molar-refractivity contribution in [1.82, 2.24) is 4.98 Å². The summed E-state index contributed by atoms with van der Waals surface area (Å²) in [4.78, 5) is 4.49. The zero-order valence-electron chi connectivity index (χ0n) is 11.6. The summed E-state index contributed by atoms with van der Waals surface area (Å²) in [6, 6.07) is 22.2. The Morgan fingerprint density at radius 3 is 1.76 bits per heavy atom. The summed E-state index contributed by atoms with van der Waals surface area (Å²) in [6.07, 6.45) is 1.71. The fourth-order valence-corrected chi connectivity index (χ4v) is 2.53. The molecule has 3 heteroatoms. The topological polar surface area (TPSA) is 64.9 Å². The van der Waals surface area contributed by atoms with Gasteiger partial charge in [0.25, 0.3) is 0 Å². The number of hydrogen-bond acceptors (Lipinski definition) is 3. The van der Waals surface area contributed by atoms with Crippen molar-refractivity contribution < 1.29 is 0 Å². The molecule has 0 amide bonds. The summed E-state index contributed by atoms with van der Waals surface area (Å²) in [7, 11) is 0. The quantitative estimate of drug-likeness (QED) is 0.769. The maximum Gasteiger partial charge on any atom is 0.0776 e. The molecule has 0 atom stereocenters. The number of aromatic nitrogens is 1. The lowest BCUT2D eigenvalue weighted by Gasteiger charge is -2.20. The van der Waals surface area contributed by atoms with Crippen molar-refractivity contribution >= 4 is 11.4 Å². The Morgan fingerprint density at radius 1 is 0.714 bits per heavy atom. The summed E-state index contributed by atoms with van der Waals surface area (Å²) in [6.45, 7) is 0. The highest BCUT2D eigenvalue weighted by Gasteiger charge is 2.21. The highest BCUT2D eigenvalue weighted by molar-refractivity contribution is 5.67. The van der Waals surface area contributed by atoms with Crippen molar-refractivity contribution in [3.05, 3.63) is 89.7 Å². The minimum atomic E-state index is -0.0177. The first kappa shape index (κ1) is 13.2. The van der Waals surface area contributed by atoms with Crippen molar-refractivity contribution in [1.29, 1.82) is 0 Å². The number of hydrogen-bond donors (Lipinski definition) is 2. The van der Waals surface area contributed by atoms with Crippen molar-refractivity contribution in [2.75, 3.05) is 11.5 Å². The van der Waals surface area contributed by atoms with E-state index in [4.69, 9.17) is 11.5 Å². The van der Waals surface area contributed by atoms with Gasteiger partial charge in [0.15, 0.2) is 0 Å². The van der Waals surface area contributed by atoms with Crippen LogP contribution in [0.25, 0.3) is 0 Å². The Kier molecular flexibility index (Phi) is 3.56. The van der Waals surface area contributed by atoms with Crippen LogP contribution in [0.3, 0.4) is 0 Å². The molecule has 1 heterocycles. The zero-order chi connectivity index (χ0) is 14.7. The average Bonchev–Trinajstić information content (AvgIpc) is 2.54. The van der Waals surface area contributed by atoms with Crippen LogP contribution in [-0.2, 0) is 0 Å². The fourth-order valence-electron chi connectivity index (χ4n) is 2.53. The second-order valence-electron chi connectivity index (χ2n) is 4.95.